The summed E-state index contributed by atoms with van der Waals surface area (Å²) < 4.78 is 22.8. The summed E-state index contributed by atoms with van der Waals surface area (Å²) in [4.78, 5) is 0.241. The Morgan fingerprint density at radius 3 is 2.15 bits per heavy atom. The standard InChI is InChI=1S/C9H8IO2S/c1-7-3-5-9(6-4-7)13(11,12)8(2)10/h2-6H,1H3. The Morgan fingerprint density at radius 1 is 1.31 bits per heavy atom. The fourth-order valence-electron chi connectivity index (χ4n) is 0.830. The quantitative estimate of drug-likeness (QED) is 0.787. The van der Waals surface area contributed by atoms with Crippen molar-refractivity contribution in [2.45, 2.75) is 11.8 Å². The van der Waals surface area contributed by atoms with Gasteiger partial charge in [-0.2, -0.15) is 0 Å². The Morgan fingerprint density at radius 2 is 1.77 bits per heavy atom. The summed E-state index contributed by atoms with van der Waals surface area (Å²) in [6, 6.07) is 6.59. The van der Waals surface area contributed by atoms with Crippen LogP contribution in [0.5, 0.6) is 0 Å². The smallest absolute Gasteiger partial charge is 0.212 e. The fourth-order valence-corrected chi connectivity index (χ4v) is 2.31. The lowest BCUT2D eigenvalue weighted by atomic mass is 10.2. The van der Waals surface area contributed by atoms with Gasteiger partial charge in [0.15, 0.2) is 0 Å². The van der Waals surface area contributed by atoms with E-state index in [0.29, 0.717) is 0 Å². The van der Waals surface area contributed by atoms with Gasteiger partial charge in [0.05, 0.1) is 4.90 Å². The Labute approximate surface area is 91.7 Å². The van der Waals surface area contributed by atoms with E-state index in [-0.39, 0.29) is 7.81 Å². The molecule has 0 N–H and O–H groups in total. The van der Waals surface area contributed by atoms with Crippen LogP contribution in [-0.4, -0.2) is 8.42 Å². The molecule has 0 fully saturated rings. The van der Waals surface area contributed by atoms with Gasteiger partial charge in [0.25, 0.3) is 0 Å². The molecule has 0 heterocycles. The molecule has 0 amide bonds. The summed E-state index contributed by atoms with van der Waals surface area (Å²) in [5.74, 6) is 0. The first-order valence-electron chi connectivity index (χ1n) is 3.54. The molecule has 0 saturated carbocycles. The molecule has 0 saturated heterocycles. The maximum absolute atomic E-state index is 11.5. The van der Waals surface area contributed by atoms with E-state index in [0.717, 1.165) is 5.56 Å². The first-order chi connectivity index (χ1) is 5.94. The minimum Gasteiger partial charge on any atom is -0.218 e. The van der Waals surface area contributed by atoms with Crippen LogP contribution in [0.15, 0.2) is 32.1 Å². The highest BCUT2D eigenvalue weighted by Crippen LogP contribution is 2.22. The Bertz CT molecular complexity index is 417. The Hall–Kier alpha value is -0.360. The summed E-state index contributed by atoms with van der Waals surface area (Å²) in [6.07, 6.45) is 0. The molecule has 13 heavy (non-hydrogen) atoms. The van der Waals surface area contributed by atoms with Gasteiger partial charge < -0.3 is 0 Å². The van der Waals surface area contributed by atoms with Gasteiger partial charge in [-0.1, -0.05) is 17.7 Å². The van der Waals surface area contributed by atoms with E-state index in [9.17, 15) is 8.42 Å². The van der Waals surface area contributed by atoms with E-state index >= 15 is 0 Å². The van der Waals surface area contributed by atoms with Crippen LogP contribution in [0.4, 0.5) is 0 Å². The van der Waals surface area contributed by atoms with E-state index in [1.54, 1.807) is 46.9 Å². The third-order valence-electron chi connectivity index (χ3n) is 1.59. The zero-order valence-corrected chi connectivity index (χ0v) is 9.96. The van der Waals surface area contributed by atoms with Crippen molar-refractivity contribution in [3.8, 4) is 0 Å². The second-order valence-corrected chi connectivity index (χ2v) is 6.43. The molecule has 0 aliphatic heterocycles. The van der Waals surface area contributed by atoms with E-state index in [4.69, 9.17) is 6.58 Å². The molecule has 0 aliphatic carbocycles. The van der Waals surface area contributed by atoms with Crippen LogP contribution in [0.2, 0.25) is 0 Å². The van der Waals surface area contributed by atoms with Crippen LogP contribution in [0.25, 0.3) is 0 Å². The second-order valence-electron chi connectivity index (χ2n) is 2.62. The van der Waals surface area contributed by atoms with Crippen molar-refractivity contribution in [1.29, 1.82) is 0 Å². The highest BCUT2D eigenvalue weighted by Gasteiger charge is 2.15. The molecule has 69 valence electrons. The predicted octanol–water partition coefficient (Wildman–Crippen LogP) is 2.48. The van der Waals surface area contributed by atoms with Gasteiger partial charge in [-0.15, -0.1) is 0 Å². The molecule has 2 nitrogen and oxygen atoms in total. The molecule has 0 spiro atoms. The van der Waals surface area contributed by atoms with Gasteiger partial charge in [0, 0.05) is 0 Å². The average Bonchev–Trinajstić information content (AvgIpc) is 2.04. The minimum atomic E-state index is -3.41. The highest BCUT2D eigenvalue weighted by molar-refractivity contribution is 14.1. The largest absolute Gasteiger partial charge is 0.218 e. The zero-order valence-electron chi connectivity index (χ0n) is 6.99. The van der Waals surface area contributed by atoms with Crippen molar-refractivity contribution in [2.75, 3.05) is 0 Å². The molecule has 1 rings (SSSR count). The van der Waals surface area contributed by atoms with Crippen molar-refractivity contribution < 1.29 is 8.42 Å². The lowest BCUT2D eigenvalue weighted by molar-refractivity contribution is 0.604. The molecule has 4 heteroatoms. The number of aryl methyl sites for hydroxylation is 1. The van der Waals surface area contributed by atoms with Crippen LogP contribution in [-0.2, 0) is 9.84 Å². The Kier molecular flexibility index (Phi) is 3.13. The summed E-state index contributed by atoms with van der Waals surface area (Å²) in [7, 11) is -3.41. The summed E-state index contributed by atoms with van der Waals surface area (Å²) in [5.41, 5.74) is 1.02. The van der Waals surface area contributed by atoms with Crippen LogP contribution < -0.4 is 0 Å². The van der Waals surface area contributed by atoms with Gasteiger partial charge in [-0.3, -0.25) is 0 Å². The number of hydrogen-bond acceptors (Lipinski definition) is 2. The topological polar surface area (TPSA) is 34.1 Å². The van der Waals surface area contributed by atoms with Crippen LogP contribution in [0.3, 0.4) is 0 Å². The summed E-state index contributed by atoms with van der Waals surface area (Å²) in [6.45, 7) is 7.15. The number of rotatable bonds is 2. The first kappa shape index (κ1) is 10.7. The van der Waals surface area contributed by atoms with Crippen LogP contribution >= 0.6 is 22.6 Å². The molecular weight excluding hydrogens is 299 g/mol. The van der Waals surface area contributed by atoms with Crippen molar-refractivity contribution in [1.82, 2.24) is 0 Å². The SMILES string of the molecule is [CH]=C(I)S(=O)(=O)c1ccc(C)cc1. The van der Waals surface area contributed by atoms with Crippen molar-refractivity contribution >= 4 is 32.4 Å². The lowest BCUT2D eigenvalue weighted by Crippen LogP contribution is -1.98. The Balaban J connectivity index is 3.25. The summed E-state index contributed by atoms with van der Waals surface area (Å²) in [5, 5.41) is 0. The maximum atomic E-state index is 11.5. The molecule has 1 aromatic carbocycles. The van der Waals surface area contributed by atoms with Gasteiger partial charge in [0.2, 0.25) is 9.84 Å². The third kappa shape index (κ3) is 2.31. The molecule has 0 bridgehead atoms. The van der Waals surface area contributed by atoms with Crippen LogP contribution in [0, 0.1) is 13.5 Å². The normalized spacial score (nSPS) is 11.2. The monoisotopic (exact) mass is 307 g/mol. The molecule has 0 atom stereocenters. The van der Waals surface area contributed by atoms with Crippen molar-refractivity contribution in [3.63, 3.8) is 0 Å². The fraction of sp³-hybridized carbons (Fsp3) is 0.111. The van der Waals surface area contributed by atoms with Gasteiger partial charge >= 0.3 is 0 Å². The van der Waals surface area contributed by atoms with Crippen molar-refractivity contribution in [3.05, 3.63) is 39.3 Å². The molecule has 1 aromatic rings. The molecule has 0 unspecified atom stereocenters. The molecule has 1 radical (unpaired) electrons. The van der Waals surface area contributed by atoms with E-state index in [1.807, 2.05) is 6.92 Å². The second kappa shape index (κ2) is 3.79. The number of sulfone groups is 1. The van der Waals surface area contributed by atoms with E-state index in [2.05, 4.69) is 0 Å². The molecule has 0 aliphatic rings. The highest BCUT2D eigenvalue weighted by atomic mass is 127. The molecular formula is C9H8IO2S. The lowest BCUT2D eigenvalue weighted by Gasteiger charge is -2.01. The van der Waals surface area contributed by atoms with Gasteiger partial charge in [-0.05, 0) is 48.2 Å². The van der Waals surface area contributed by atoms with E-state index in [1.165, 1.54) is 0 Å². The number of benzene rings is 1. The van der Waals surface area contributed by atoms with Gasteiger partial charge in [0.1, 0.15) is 2.91 Å². The zero-order chi connectivity index (χ0) is 10.1. The van der Waals surface area contributed by atoms with Crippen LogP contribution in [0.1, 0.15) is 5.56 Å². The van der Waals surface area contributed by atoms with Crippen molar-refractivity contribution in [2.24, 2.45) is 0 Å². The maximum Gasteiger partial charge on any atom is 0.212 e. The first-order valence-corrected chi connectivity index (χ1v) is 6.10. The van der Waals surface area contributed by atoms with Gasteiger partial charge in [-0.25, -0.2) is 8.42 Å². The predicted molar refractivity (Wildman–Crippen MR) is 60.2 cm³/mol. The number of halogens is 1. The number of hydrogen-bond donors (Lipinski definition) is 0. The average molecular weight is 307 g/mol. The minimum absolute atomic E-state index is 0.103. The molecule has 0 aromatic heterocycles. The summed E-state index contributed by atoms with van der Waals surface area (Å²) >= 11 is 1.60. The third-order valence-corrected chi connectivity index (χ3v) is 4.73. The van der Waals surface area contributed by atoms with E-state index < -0.39 is 9.84 Å².